The molecule has 0 spiro atoms. The average molecular weight is 254 g/mol. The fourth-order valence-corrected chi connectivity index (χ4v) is 3.07. The molecule has 1 aliphatic rings. The van der Waals surface area contributed by atoms with Gasteiger partial charge in [0.1, 0.15) is 0 Å². The lowest BCUT2D eigenvalue weighted by atomic mass is 9.98. The van der Waals surface area contributed by atoms with Crippen molar-refractivity contribution in [2.75, 3.05) is 0 Å². The van der Waals surface area contributed by atoms with Gasteiger partial charge in [-0.15, -0.1) is 11.7 Å². The summed E-state index contributed by atoms with van der Waals surface area (Å²) in [4.78, 5) is 1.21. The molecule has 0 unspecified atom stereocenters. The third-order valence-corrected chi connectivity index (χ3v) is 4.28. The summed E-state index contributed by atoms with van der Waals surface area (Å²) in [5.74, 6) is 0. The number of hydrogen-bond donors (Lipinski definition) is 1. The van der Waals surface area contributed by atoms with Gasteiger partial charge < -0.3 is 4.74 Å². The SMILES string of the molecule is SSc1ccccc1COC1CCCCC1. The van der Waals surface area contributed by atoms with Crippen LogP contribution in [0.2, 0.25) is 0 Å². The van der Waals surface area contributed by atoms with Gasteiger partial charge in [0.15, 0.2) is 0 Å². The minimum absolute atomic E-state index is 0.478. The van der Waals surface area contributed by atoms with Crippen molar-refractivity contribution in [3.8, 4) is 0 Å². The van der Waals surface area contributed by atoms with Crippen LogP contribution in [0.1, 0.15) is 37.7 Å². The summed E-state index contributed by atoms with van der Waals surface area (Å²) in [5, 5.41) is 0. The largest absolute Gasteiger partial charge is 0.374 e. The van der Waals surface area contributed by atoms with Crippen molar-refractivity contribution in [3.63, 3.8) is 0 Å². The molecular weight excluding hydrogens is 236 g/mol. The van der Waals surface area contributed by atoms with Crippen LogP contribution >= 0.6 is 22.5 Å². The molecule has 0 atom stereocenters. The number of ether oxygens (including phenoxy) is 1. The summed E-state index contributed by atoms with van der Waals surface area (Å²) in [7, 11) is 1.50. The highest BCUT2D eigenvalue weighted by Crippen LogP contribution is 2.27. The van der Waals surface area contributed by atoms with Crippen molar-refractivity contribution >= 4 is 22.5 Å². The molecule has 0 N–H and O–H groups in total. The molecule has 1 fully saturated rings. The van der Waals surface area contributed by atoms with Crippen LogP contribution in [-0.4, -0.2) is 6.10 Å². The van der Waals surface area contributed by atoms with E-state index in [1.54, 1.807) is 0 Å². The van der Waals surface area contributed by atoms with Crippen LogP contribution in [0.25, 0.3) is 0 Å². The van der Waals surface area contributed by atoms with Crippen LogP contribution in [0.3, 0.4) is 0 Å². The van der Waals surface area contributed by atoms with E-state index in [4.69, 9.17) is 4.74 Å². The molecule has 1 nitrogen and oxygen atoms in total. The second kappa shape index (κ2) is 6.58. The van der Waals surface area contributed by atoms with Crippen LogP contribution in [0.4, 0.5) is 0 Å². The maximum atomic E-state index is 5.96. The molecule has 3 heteroatoms. The fraction of sp³-hybridized carbons (Fsp3) is 0.538. The summed E-state index contributed by atoms with van der Waals surface area (Å²) in [6, 6.07) is 8.33. The van der Waals surface area contributed by atoms with Crippen molar-refractivity contribution < 1.29 is 4.74 Å². The highest BCUT2D eigenvalue weighted by atomic mass is 33.1. The summed E-state index contributed by atoms with van der Waals surface area (Å²) in [6.07, 6.45) is 6.98. The lowest BCUT2D eigenvalue weighted by Crippen LogP contribution is -2.16. The smallest absolute Gasteiger partial charge is 0.0731 e. The van der Waals surface area contributed by atoms with Crippen LogP contribution in [0, 0.1) is 0 Å². The first-order valence-electron chi connectivity index (χ1n) is 5.91. The maximum Gasteiger partial charge on any atom is 0.0731 e. The van der Waals surface area contributed by atoms with Gasteiger partial charge in [0.25, 0.3) is 0 Å². The maximum absolute atomic E-state index is 5.96. The van der Waals surface area contributed by atoms with E-state index in [1.165, 1.54) is 53.4 Å². The van der Waals surface area contributed by atoms with E-state index >= 15 is 0 Å². The third-order valence-electron chi connectivity index (χ3n) is 3.10. The third kappa shape index (κ3) is 3.44. The molecule has 0 heterocycles. The number of hydrogen-bond acceptors (Lipinski definition) is 3. The zero-order valence-corrected chi connectivity index (χ0v) is 11.1. The van der Waals surface area contributed by atoms with E-state index in [-0.39, 0.29) is 0 Å². The highest BCUT2D eigenvalue weighted by molar-refractivity contribution is 8.68. The Morgan fingerprint density at radius 3 is 2.69 bits per heavy atom. The topological polar surface area (TPSA) is 9.23 Å². The predicted octanol–water partition coefficient (Wildman–Crippen LogP) is 4.47. The van der Waals surface area contributed by atoms with Gasteiger partial charge in [-0.3, -0.25) is 0 Å². The second-order valence-electron chi connectivity index (χ2n) is 4.27. The molecule has 1 aromatic rings. The van der Waals surface area contributed by atoms with Crippen molar-refractivity contribution in [3.05, 3.63) is 29.8 Å². The Morgan fingerprint density at radius 1 is 1.19 bits per heavy atom. The number of rotatable bonds is 4. The van der Waals surface area contributed by atoms with E-state index in [0.29, 0.717) is 6.10 Å². The second-order valence-corrected chi connectivity index (χ2v) is 5.44. The Balaban J connectivity index is 1.88. The normalized spacial score (nSPS) is 17.6. The van der Waals surface area contributed by atoms with Crippen LogP contribution in [-0.2, 0) is 11.3 Å². The molecule has 88 valence electrons. The minimum atomic E-state index is 0.478. The molecule has 0 bridgehead atoms. The standard InChI is InChI=1S/C13H18OS2/c15-16-13-9-5-4-6-11(13)10-14-12-7-2-1-3-8-12/h4-6,9,12,15H,1-3,7-8,10H2. The van der Waals surface area contributed by atoms with Gasteiger partial charge in [0.05, 0.1) is 12.7 Å². The molecular formula is C13H18OS2. The Kier molecular flexibility index (Phi) is 5.07. The van der Waals surface area contributed by atoms with Crippen LogP contribution in [0.15, 0.2) is 29.2 Å². The van der Waals surface area contributed by atoms with E-state index < -0.39 is 0 Å². The lowest BCUT2D eigenvalue weighted by Gasteiger charge is -2.22. The summed E-state index contributed by atoms with van der Waals surface area (Å²) >= 11 is 4.26. The van der Waals surface area contributed by atoms with Crippen LogP contribution < -0.4 is 0 Å². The Hall–Kier alpha value is -0.120. The summed E-state index contributed by atoms with van der Waals surface area (Å²) in [6.45, 7) is 0.731. The summed E-state index contributed by atoms with van der Waals surface area (Å²) in [5.41, 5.74) is 1.26. The summed E-state index contributed by atoms with van der Waals surface area (Å²) < 4.78 is 5.96. The molecule has 16 heavy (non-hydrogen) atoms. The molecule has 0 amide bonds. The average Bonchev–Trinajstić information content (AvgIpc) is 2.38. The molecule has 0 aromatic heterocycles. The first-order chi connectivity index (χ1) is 7.90. The monoisotopic (exact) mass is 254 g/mol. The molecule has 1 saturated carbocycles. The van der Waals surface area contributed by atoms with Gasteiger partial charge in [-0.1, -0.05) is 48.3 Å². The van der Waals surface area contributed by atoms with E-state index in [2.05, 4.69) is 29.9 Å². The Bertz CT molecular complexity index is 321. The van der Waals surface area contributed by atoms with E-state index in [9.17, 15) is 0 Å². The number of thiol groups is 1. The quantitative estimate of drug-likeness (QED) is 0.627. The number of benzene rings is 1. The zero-order chi connectivity index (χ0) is 11.2. The molecule has 2 rings (SSSR count). The van der Waals surface area contributed by atoms with Crippen LogP contribution in [0.5, 0.6) is 0 Å². The highest BCUT2D eigenvalue weighted by Gasteiger charge is 2.14. The molecule has 0 saturated heterocycles. The van der Waals surface area contributed by atoms with E-state index in [1.807, 2.05) is 6.07 Å². The Morgan fingerprint density at radius 2 is 1.94 bits per heavy atom. The van der Waals surface area contributed by atoms with E-state index in [0.717, 1.165) is 6.61 Å². The van der Waals surface area contributed by atoms with Crippen molar-refractivity contribution in [2.24, 2.45) is 0 Å². The van der Waals surface area contributed by atoms with Crippen molar-refractivity contribution in [1.29, 1.82) is 0 Å². The molecule has 1 aliphatic carbocycles. The fourth-order valence-electron chi connectivity index (χ4n) is 2.15. The first kappa shape index (κ1) is 12.3. The molecule has 1 aromatic carbocycles. The van der Waals surface area contributed by atoms with Gasteiger partial charge in [-0.05, 0) is 24.5 Å². The van der Waals surface area contributed by atoms with Gasteiger partial charge in [0.2, 0.25) is 0 Å². The van der Waals surface area contributed by atoms with Gasteiger partial charge >= 0.3 is 0 Å². The zero-order valence-electron chi connectivity index (χ0n) is 9.39. The lowest BCUT2D eigenvalue weighted by molar-refractivity contribution is 0.0159. The molecule has 0 aliphatic heterocycles. The van der Waals surface area contributed by atoms with Gasteiger partial charge in [0, 0.05) is 4.90 Å². The van der Waals surface area contributed by atoms with Gasteiger partial charge in [-0.2, -0.15) is 0 Å². The van der Waals surface area contributed by atoms with Crippen molar-refractivity contribution in [2.45, 2.75) is 49.7 Å². The molecule has 0 radical (unpaired) electrons. The first-order valence-corrected chi connectivity index (χ1v) is 7.78. The minimum Gasteiger partial charge on any atom is -0.374 e. The predicted molar refractivity (Wildman–Crippen MR) is 72.9 cm³/mol. The Labute approximate surface area is 107 Å². The van der Waals surface area contributed by atoms with Gasteiger partial charge in [-0.25, -0.2) is 0 Å². The van der Waals surface area contributed by atoms with Crippen molar-refractivity contribution in [1.82, 2.24) is 0 Å².